The highest BCUT2D eigenvalue weighted by Gasteiger charge is 2.56. The topological polar surface area (TPSA) is 329 Å². The maximum absolute atomic E-state index is 11.9. The molecule has 0 amide bonds. The Bertz CT molecular complexity index is 1100. The standard InChI is InChI=1S/C28H46O22/c1-41-9-4-8(6-29)44-26(14(9)34)47-19-11(7-30)46-25(43-3)18(38)21(19)48-28-22(15(35)13(33)10(45-28)5-12(31)32)49-27-17(37)16(36)20(42-2)23(50-27)24(39)40/h8-11,13-23,25-30,33-38H,4-7H2,1-3H3,(H,31,32)(H,39,40)/t8-,9-,10-,11+,13?,14?,15+,16?,17+,18?,19?,20-,21?,22+,23?,25+,26-,27?,28?/m0/s1. The first-order chi connectivity index (χ1) is 23.7. The Morgan fingerprint density at radius 2 is 1.18 bits per heavy atom. The summed E-state index contributed by atoms with van der Waals surface area (Å²) in [5.74, 6) is -3.09. The molecule has 290 valence electrons. The molecule has 4 fully saturated rings. The van der Waals surface area contributed by atoms with Gasteiger partial charge in [0.05, 0.1) is 37.9 Å². The van der Waals surface area contributed by atoms with E-state index in [0.717, 1.165) is 14.2 Å². The Labute approximate surface area is 284 Å². The van der Waals surface area contributed by atoms with Gasteiger partial charge >= 0.3 is 11.9 Å². The van der Waals surface area contributed by atoms with Crippen LogP contribution in [0.1, 0.15) is 12.8 Å². The van der Waals surface area contributed by atoms with E-state index in [2.05, 4.69) is 0 Å². The average molecular weight is 735 g/mol. The quantitative estimate of drug-likeness (QED) is 0.0793. The number of carboxylic acids is 2. The van der Waals surface area contributed by atoms with E-state index in [9.17, 15) is 60.7 Å². The second-order valence-corrected chi connectivity index (χ2v) is 12.1. The van der Waals surface area contributed by atoms with Crippen LogP contribution < -0.4 is 0 Å². The van der Waals surface area contributed by atoms with E-state index in [1.165, 1.54) is 7.11 Å². The van der Waals surface area contributed by atoms with Crippen LogP contribution in [0.25, 0.3) is 0 Å². The molecule has 0 aliphatic carbocycles. The summed E-state index contributed by atoms with van der Waals surface area (Å²) < 4.78 is 55.5. The highest BCUT2D eigenvalue weighted by molar-refractivity contribution is 5.73. The molecule has 22 heteroatoms. The molecule has 0 spiro atoms. The van der Waals surface area contributed by atoms with Crippen LogP contribution >= 0.6 is 0 Å². The first kappa shape index (κ1) is 41.0. The fourth-order valence-electron chi connectivity index (χ4n) is 6.30. The number of aliphatic hydroxyl groups excluding tert-OH is 8. The van der Waals surface area contributed by atoms with Gasteiger partial charge in [0, 0.05) is 27.8 Å². The number of hydrogen-bond donors (Lipinski definition) is 10. The maximum atomic E-state index is 11.9. The number of carbonyl (C=O) groups is 2. The first-order valence-corrected chi connectivity index (χ1v) is 15.6. The molecule has 4 saturated heterocycles. The van der Waals surface area contributed by atoms with E-state index in [1.807, 2.05) is 0 Å². The van der Waals surface area contributed by atoms with E-state index in [1.54, 1.807) is 0 Å². The van der Waals surface area contributed by atoms with Crippen molar-refractivity contribution in [1.29, 1.82) is 0 Å². The van der Waals surface area contributed by atoms with Crippen LogP contribution in [-0.4, -0.2) is 214 Å². The minimum atomic E-state index is -2.10. The summed E-state index contributed by atoms with van der Waals surface area (Å²) in [4.78, 5) is 23.5. The molecule has 0 aromatic carbocycles. The highest BCUT2D eigenvalue weighted by Crippen LogP contribution is 2.36. The molecule has 4 aliphatic rings. The van der Waals surface area contributed by atoms with E-state index < -0.39 is 148 Å². The Kier molecular flexibility index (Phi) is 14.6. The third kappa shape index (κ3) is 8.70. The largest absolute Gasteiger partial charge is 0.481 e. The molecule has 0 bridgehead atoms. The maximum Gasteiger partial charge on any atom is 0.335 e. The molecule has 0 radical (unpaired) electrons. The fraction of sp³-hybridized carbons (Fsp3) is 0.929. The molecule has 50 heavy (non-hydrogen) atoms. The zero-order valence-corrected chi connectivity index (χ0v) is 27.2. The number of aliphatic carboxylic acids is 2. The number of aliphatic hydroxyl groups is 8. The van der Waals surface area contributed by atoms with Gasteiger partial charge in [-0.25, -0.2) is 4.79 Å². The minimum absolute atomic E-state index is 0.0741. The van der Waals surface area contributed by atoms with Gasteiger partial charge < -0.3 is 98.4 Å². The number of methoxy groups -OCH3 is 3. The van der Waals surface area contributed by atoms with Crippen molar-refractivity contribution >= 4 is 11.9 Å². The minimum Gasteiger partial charge on any atom is -0.481 e. The van der Waals surface area contributed by atoms with Gasteiger partial charge in [0.1, 0.15) is 67.1 Å². The zero-order chi connectivity index (χ0) is 37.0. The van der Waals surface area contributed by atoms with Gasteiger partial charge in [-0.05, 0) is 0 Å². The van der Waals surface area contributed by atoms with Crippen LogP contribution in [-0.2, 0) is 57.0 Å². The molecule has 19 atom stereocenters. The fourth-order valence-corrected chi connectivity index (χ4v) is 6.30. The van der Waals surface area contributed by atoms with Crippen LogP contribution in [0.15, 0.2) is 0 Å². The van der Waals surface area contributed by atoms with E-state index >= 15 is 0 Å². The van der Waals surface area contributed by atoms with Gasteiger partial charge in [0.2, 0.25) is 0 Å². The first-order valence-electron chi connectivity index (χ1n) is 15.6. The van der Waals surface area contributed by atoms with Crippen molar-refractivity contribution in [3.8, 4) is 0 Å². The van der Waals surface area contributed by atoms with Crippen molar-refractivity contribution < 1.29 is 108 Å². The second kappa shape index (κ2) is 17.8. The summed E-state index contributed by atoms with van der Waals surface area (Å²) in [6, 6.07) is 0. The zero-order valence-electron chi connectivity index (χ0n) is 27.2. The average Bonchev–Trinajstić information content (AvgIpc) is 3.08. The molecular formula is C28H46O22. The van der Waals surface area contributed by atoms with Crippen LogP contribution in [0, 0.1) is 0 Å². The van der Waals surface area contributed by atoms with E-state index in [0.29, 0.717) is 0 Å². The van der Waals surface area contributed by atoms with Gasteiger partial charge in [-0.1, -0.05) is 0 Å². The molecule has 22 nitrogen and oxygen atoms in total. The van der Waals surface area contributed by atoms with Crippen molar-refractivity contribution in [2.45, 2.75) is 130 Å². The Morgan fingerprint density at radius 1 is 0.580 bits per heavy atom. The number of carboxylic acid groups (broad SMARTS) is 2. The predicted octanol–water partition coefficient (Wildman–Crippen LogP) is -6.18. The summed E-state index contributed by atoms with van der Waals surface area (Å²) in [5, 5.41) is 105. The smallest absolute Gasteiger partial charge is 0.335 e. The lowest BCUT2D eigenvalue weighted by atomic mass is 9.94. The molecule has 9 unspecified atom stereocenters. The summed E-state index contributed by atoms with van der Waals surface area (Å²) in [7, 11) is 3.51. The molecule has 0 aromatic rings. The Balaban J connectivity index is 1.69. The molecular weight excluding hydrogens is 688 g/mol. The molecule has 0 saturated carbocycles. The van der Waals surface area contributed by atoms with Gasteiger partial charge in [-0.3, -0.25) is 4.79 Å². The third-order valence-electron chi connectivity index (χ3n) is 8.97. The Morgan fingerprint density at radius 3 is 1.74 bits per heavy atom. The monoisotopic (exact) mass is 734 g/mol. The summed E-state index contributed by atoms with van der Waals surface area (Å²) in [6.07, 6.45) is -32.9. The third-order valence-corrected chi connectivity index (χ3v) is 8.97. The van der Waals surface area contributed by atoms with Crippen LogP contribution in [0.4, 0.5) is 0 Å². The lowest BCUT2D eigenvalue weighted by molar-refractivity contribution is -0.397. The predicted molar refractivity (Wildman–Crippen MR) is 153 cm³/mol. The van der Waals surface area contributed by atoms with Crippen molar-refractivity contribution in [3.63, 3.8) is 0 Å². The van der Waals surface area contributed by atoms with Crippen molar-refractivity contribution in [3.05, 3.63) is 0 Å². The number of ether oxygens (including phenoxy) is 10. The normalized spacial score (nSPS) is 47.1. The summed E-state index contributed by atoms with van der Waals surface area (Å²) in [6.45, 7) is -1.30. The van der Waals surface area contributed by atoms with Crippen molar-refractivity contribution in [2.75, 3.05) is 34.5 Å². The lowest BCUT2D eigenvalue weighted by Gasteiger charge is -2.50. The number of hydrogen-bond acceptors (Lipinski definition) is 20. The van der Waals surface area contributed by atoms with Crippen LogP contribution in [0.2, 0.25) is 0 Å². The molecule has 4 heterocycles. The molecule has 4 rings (SSSR count). The molecule has 4 aliphatic heterocycles. The van der Waals surface area contributed by atoms with Crippen LogP contribution in [0.3, 0.4) is 0 Å². The van der Waals surface area contributed by atoms with Crippen LogP contribution in [0.5, 0.6) is 0 Å². The van der Waals surface area contributed by atoms with Gasteiger partial charge in [0.15, 0.2) is 31.3 Å². The SMILES string of the molecule is CO[C@@H]1O[C@H](CO)C(O[C@@H]2O[C@H](CO)C[C@H](OC)C2O)C(OC2O[C@@H](CC(=O)O)C(O)[C@@H](O)[C@H]2OC2OC(C(=O)O)[C@@H](OC)C(O)[C@H]2O)C1O. The Hall–Kier alpha value is -1.78. The second-order valence-electron chi connectivity index (χ2n) is 12.1. The van der Waals surface area contributed by atoms with E-state index in [4.69, 9.17) is 47.4 Å². The highest BCUT2D eigenvalue weighted by atomic mass is 16.8. The summed E-state index contributed by atoms with van der Waals surface area (Å²) in [5.41, 5.74) is 0. The van der Waals surface area contributed by atoms with Gasteiger partial charge in [0.25, 0.3) is 0 Å². The van der Waals surface area contributed by atoms with Crippen molar-refractivity contribution in [2.24, 2.45) is 0 Å². The summed E-state index contributed by atoms with van der Waals surface area (Å²) >= 11 is 0. The number of rotatable bonds is 14. The van der Waals surface area contributed by atoms with Gasteiger partial charge in [-0.15, -0.1) is 0 Å². The molecule has 10 N–H and O–H groups in total. The van der Waals surface area contributed by atoms with Gasteiger partial charge in [-0.2, -0.15) is 0 Å². The lowest BCUT2D eigenvalue weighted by Crippen LogP contribution is -2.68. The molecule has 0 aromatic heterocycles. The van der Waals surface area contributed by atoms with Crippen molar-refractivity contribution in [1.82, 2.24) is 0 Å². The van der Waals surface area contributed by atoms with E-state index in [-0.39, 0.29) is 6.42 Å².